The lowest BCUT2D eigenvalue weighted by atomic mass is 9.83. The lowest BCUT2D eigenvalue weighted by Gasteiger charge is -2.30. The van der Waals surface area contributed by atoms with Crippen molar-refractivity contribution in [3.05, 3.63) is 223 Å². The van der Waals surface area contributed by atoms with Crippen molar-refractivity contribution >= 4 is 49.3 Å². The van der Waals surface area contributed by atoms with Crippen LogP contribution >= 0.6 is 0 Å². The largest absolute Gasteiger partial charge is 0.333 e. The van der Waals surface area contributed by atoms with Crippen LogP contribution in [-0.2, 0) is 6.42 Å². The fourth-order valence-corrected chi connectivity index (χ4v) is 10.1. The minimum Gasteiger partial charge on any atom is -0.333 e. The Bertz CT molecular complexity index is 3050. The minimum atomic E-state index is 0.192. The number of rotatable bonds is 7. The number of hydrogen-bond acceptors (Lipinski definition) is 1. The van der Waals surface area contributed by atoms with Crippen LogP contribution in [0.4, 0.5) is 11.4 Å². The van der Waals surface area contributed by atoms with Gasteiger partial charge in [-0.05, 0) is 118 Å². The average Bonchev–Trinajstić information content (AvgIpc) is 3.62. The SMILES string of the molecule is CC(C)Cc1cc(-c2cccc3ccccc23)ccc1C1=CC2c3ccccc3N(c3ccc(-c4c5ccccc5c(-c5ccccc5)c5ccccc45)cc3)C2C=C1. The summed E-state index contributed by atoms with van der Waals surface area (Å²) in [5, 5.41) is 7.70. The number of hydrogen-bond donors (Lipinski definition) is 0. The molecule has 282 valence electrons. The second-order valence-electron chi connectivity index (χ2n) is 16.7. The number of para-hydroxylation sites is 1. The molecular weight excluding hydrogens is 711 g/mol. The molecule has 0 bridgehead atoms. The Labute approximate surface area is 347 Å². The van der Waals surface area contributed by atoms with Crippen LogP contribution in [0.2, 0.25) is 0 Å². The molecule has 2 unspecified atom stereocenters. The Hall–Kier alpha value is -6.96. The molecule has 9 aromatic carbocycles. The van der Waals surface area contributed by atoms with Crippen molar-refractivity contribution in [2.24, 2.45) is 5.92 Å². The van der Waals surface area contributed by atoms with Gasteiger partial charge >= 0.3 is 0 Å². The lowest BCUT2D eigenvalue weighted by molar-refractivity contribution is 0.646. The van der Waals surface area contributed by atoms with Crippen LogP contribution in [0, 0.1) is 5.92 Å². The summed E-state index contributed by atoms with van der Waals surface area (Å²) >= 11 is 0. The van der Waals surface area contributed by atoms with Gasteiger partial charge in [0.05, 0.1) is 6.04 Å². The highest BCUT2D eigenvalue weighted by atomic mass is 15.2. The summed E-state index contributed by atoms with van der Waals surface area (Å²) in [4.78, 5) is 2.56. The molecule has 0 spiro atoms. The van der Waals surface area contributed by atoms with Gasteiger partial charge in [-0.1, -0.05) is 202 Å². The third-order valence-electron chi connectivity index (χ3n) is 12.6. The van der Waals surface area contributed by atoms with Gasteiger partial charge in [-0.15, -0.1) is 0 Å². The Morgan fingerprint density at radius 1 is 0.492 bits per heavy atom. The standard InChI is InChI=1S/C58H45N/c1-38(2)35-44-36-42(48-25-14-18-39-15-6-7-19-47(39)48)29-33-46(44)43-30-34-56-54(37-43)49-20-12-13-26-55(49)59(56)45-31-27-41(28-32-45)58-52-23-10-8-21-50(52)57(40-16-4-3-5-17-40)51-22-9-11-24-53(51)58/h3-34,36-38,54,56H,35H2,1-2H3. The number of fused-ring (bicyclic) bond motifs is 6. The van der Waals surface area contributed by atoms with E-state index in [1.165, 1.54) is 99.3 Å². The zero-order valence-corrected chi connectivity index (χ0v) is 33.5. The number of benzene rings is 9. The van der Waals surface area contributed by atoms with E-state index >= 15 is 0 Å². The van der Waals surface area contributed by atoms with Crippen LogP contribution in [0.25, 0.3) is 71.3 Å². The van der Waals surface area contributed by atoms with Gasteiger partial charge in [0.25, 0.3) is 0 Å². The van der Waals surface area contributed by atoms with E-state index in [9.17, 15) is 0 Å². The lowest BCUT2D eigenvalue weighted by Crippen LogP contribution is -2.29. The van der Waals surface area contributed by atoms with E-state index in [0.29, 0.717) is 5.92 Å². The van der Waals surface area contributed by atoms with Crippen LogP contribution in [0.15, 0.2) is 206 Å². The number of nitrogens with zero attached hydrogens (tertiary/aromatic N) is 1. The van der Waals surface area contributed by atoms with Gasteiger partial charge in [-0.3, -0.25) is 0 Å². The Morgan fingerprint density at radius 3 is 1.76 bits per heavy atom. The fourth-order valence-electron chi connectivity index (χ4n) is 10.1. The molecule has 1 aliphatic heterocycles. The van der Waals surface area contributed by atoms with Crippen LogP contribution in [0.3, 0.4) is 0 Å². The van der Waals surface area contributed by atoms with E-state index in [2.05, 4.69) is 225 Å². The maximum atomic E-state index is 2.56. The van der Waals surface area contributed by atoms with Crippen LogP contribution in [0.5, 0.6) is 0 Å². The third-order valence-corrected chi connectivity index (χ3v) is 12.6. The molecule has 0 aromatic heterocycles. The normalized spacial score (nSPS) is 15.8. The van der Waals surface area contributed by atoms with Crippen molar-refractivity contribution in [1.82, 2.24) is 0 Å². The van der Waals surface area contributed by atoms with E-state index in [4.69, 9.17) is 0 Å². The predicted molar refractivity (Wildman–Crippen MR) is 252 cm³/mol. The molecule has 0 radical (unpaired) electrons. The van der Waals surface area contributed by atoms with Crippen molar-refractivity contribution in [3.8, 4) is 33.4 Å². The maximum absolute atomic E-state index is 2.56. The highest BCUT2D eigenvalue weighted by Crippen LogP contribution is 2.50. The molecule has 9 aromatic rings. The quantitative estimate of drug-likeness (QED) is 0.146. The summed E-state index contributed by atoms with van der Waals surface area (Å²) in [6.07, 6.45) is 8.41. The second kappa shape index (κ2) is 14.5. The van der Waals surface area contributed by atoms with E-state index in [0.717, 1.165) is 6.42 Å². The molecule has 1 nitrogen and oxygen atoms in total. The first-order valence-electron chi connectivity index (χ1n) is 21.1. The van der Waals surface area contributed by atoms with Crippen molar-refractivity contribution in [1.29, 1.82) is 0 Å². The second-order valence-corrected chi connectivity index (χ2v) is 16.7. The molecule has 2 atom stereocenters. The molecule has 1 heteroatoms. The van der Waals surface area contributed by atoms with Gasteiger partial charge in [0, 0.05) is 17.3 Å². The number of anilines is 2. The summed E-state index contributed by atoms with van der Waals surface area (Å²) in [5.41, 5.74) is 15.6. The summed E-state index contributed by atoms with van der Waals surface area (Å²) in [6.45, 7) is 4.66. The summed E-state index contributed by atoms with van der Waals surface area (Å²) in [6, 6.07) is 69.8. The summed E-state index contributed by atoms with van der Waals surface area (Å²) < 4.78 is 0. The van der Waals surface area contributed by atoms with E-state index in [1.807, 2.05) is 0 Å². The van der Waals surface area contributed by atoms with Crippen molar-refractivity contribution in [3.63, 3.8) is 0 Å². The minimum absolute atomic E-state index is 0.192. The van der Waals surface area contributed by atoms with E-state index < -0.39 is 0 Å². The monoisotopic (exact) mass is 755 g/mol. The molecule has 11 rings (SSSR count). The zero-order chi connectivity index (χ0) is 39.5. The van der Waals surface area contributed by atoms with Crippen LogP contribution in [-0.4, -0.2) is 6.04 Å². The third kappa shape index (κ3) is 6.00. The van der Waals surface area contributed by atoms with Crippen LogP contribution < -0.4 is 4.90 Å². The first-order valence-corrected chi connectivity index (χ1v) is 21.1. The Balaban J connectivity index is 0.970. The van der Waals surface area contributed by atoms with Crippen molar-refractivity contribution in [2.75, 3.05) is 4.90 Å². The van der Waals surface area contributed by atoms with Crippen LogP contribution in [0.1, 0.15) is 36.5 Å². The Morgan fingerprint density at radius 2 is 1.07 bits per heavy atom. The van der Waals surface area contributed by atoms with Crippen molar-refractivity contribution < 1.29 is 0 Å². The van der Waals surface area contributed by atoms with Gasteiger partial charge in [0.2, 0.25) is 0 Å². The Kier molecular flexibility index (Phi) is 8.63. The van der Waals surface area contributed by atoms with E-state index in [1.54, 1.807) is 0 Å². The van der Waals surface area contributed by atoms with E-state index in [-0.39, 0.29) is 12.0 Å². The molecule has 0 amide bonds. The topological polar surface area (TPSA) is 3.24 Å². The maximum Gasteiger partial charge on any atom is 0.0630 e. The number of allylic oxidation sites excluding steroid dienone is 2. The first-order chi connectivity index (χ1) is 29.1. The molecule has 0 saturated carbocycles. The smallest absolute Gasteiger partial charge is 0.0630 e. The van der Waals surface area contributed by atoms with Gasteiger partial charge < -0.3 is 4.90 Å². The first kappa shape index (κ1) is 35.2. The summed E-state index contributed by atoms with van der Waals surface area (Å²) in [5.74, 6) is 0.787. The molecule has 0 saturated heterocycles. The molecule has 0 fully saturated rings. The highest BCUT2D eigenvalue weighted by Gasteiger charge is 2.38. The van der Waals surface area contributed by atoms with Crippen molar-refractivity contribution in [2.45, 2.75) is 32.2 Å². The molecule has 1 heterocycles. The molecular formula is C58H45N. The molecule has 2 aliphatic rings. The fraction of sp³-hybridized carbons (Fsp3) is 0.103. The predicted octanol–water partition coefficient (Wildman–Crippen LogP) is 15.6. The molecule has 1 aliphatic carbocycles. The molecule has 0 N–H and O–H groups in total. The highest BCUT2D eigenvalue weighted by molar-refractivity contribution is 6.21. The average molecular weight is 756 g/mol. The molecule has 59 heavy (non-hydrogen) atoms. The van der Waals surface area contributed by atoms with Gasteiger partial charge in [0.1, 0.15) is 0 Å². The van der Waals surface area contributed by atoms with Gasteiger partial charge in [0.15, 0.2) is 0 Å². The summed E-state index contributed by atoms with van der Waals surface area (Å²) in [7, 11) is 0. The van der Waals surface area contributed by atoms with Gasteiger partial charge in [-0.2, -0.15) is 0 Å². The van der Waals surface area contributed by atoms with Gasteiger partial charge in [-0.25, -0.2) is 0 Å². The zero-order valence-electron chi connectivity index (χ0n) is 33.5.